The van der Waals surface area contributed by atoms with E-state index >= 15 is 0 Å². The zero-order valence-corrected chi connectivity index (χ0v) is 16.9. The van der Waals surface area contributed by atoms with Crippen LogP contribution < -0.4 is 5.73 Å². The number of rotatable bonds is 7. The average Bonchev–Trinajstić information content (AvgIpc) is 3.15. The number of sulfone groups is 1. The number of nitrogens with two attached hydrogens (primary N) is 1. The maximum atomic E-state index is 12.3. The summed E-state index contributed by atoms with van der Waals surface area (Å²) in [6, 6.07) is 6.52. The summed E-state index contributed by atoms with van der Waals surface area (Å²) in [6.07, 6.45) is 4.20. The fourth-order valence-corrected chi connectivity index (χ4v) is 3.62. The fraction of sp³-hybridized carbons (Fsp3) is 0.368. The molecule has 0 unspecified atom stereocenters. The van der Waals surface area contributed by atoms with Crippen LogP contribution in [0.5, 0.6) is 0 Å². The molecule has 0 amide bonds. The Morgan fingerprint density at radius 2 is 1.86 bits per heavy atom. The Morgan fingerprint density at radius 3 is 2.50 bits per heavy atom. The van der Waals surface area contributed by atoms with Crippen LogP contribution >= 0.6 is 0 Å². The number of nitrogens with zero attached hydrogens (tertiary/aromatic N) is 4. The fourth-order valence-electron chi connectivity index (χ4n) is 2.56. The van der Waals surface area contributed by atoms with Gasteiger partial charge in [-0.15, -0.1) is 10.2 Å². The van der Waals surface area contributed by atoms with E-state index in [1.165, 1.54) is 6.20 Å². The molecule has 8 nitrogen and oxygen atoms in total. The molecule has 3 aromatic rings. The molecule has 0 spiro atoms. The molecule has 0 aliphatic rings. The molecule has 2 aromatic heterocycles. The van der Waals surface area contributed by atoms with Gasteiger partial charge in [-0.1, -0.05) is 25.5 Å². The largest absolute Gasteiger partial charge is 0.419 e. The van der Waals surface area contributed by atoms with E-state index in [1.54, 1.807) is 38.1 Å². The number of aryl methyl sites for hydroxylation is 1. The van der Waals surface area contributed by atoms with Gasteiger partial charge < -0.3 is 10.2 Å². The first-order chi connectivity index (χ1) is 13.3. The number of aromatic nitrogens is 4. The van der Waals surface area contributed by atoms with Crippen molar-refractivity contribution in [2.24, 2.45) is 0 Å². The summed E-state index contributed by atoms with van der Waals surface area (Å²) < 4.78 is 30.2. The van der Waals surface area contributed by atoms with Crippen molar-refractivity contribution in [2.75, 3.05) is 5.73 Å². The normalized spacial score (nSPS) is 11.9. The van der Waals surface area contributed by atoms with E-state index in [9.17, 15) is 8.42 Å². The molecule has 0 saturated carbocycles. The van der Waals surface area contributed by atoms with Crippen molar-refractivity contribution in [3.05, 3.63) is 36.4 Å². The van der Waals surface area contributed by atoms with Crippen molar-refractivity contribution >= 4 is 15.7 Å². The number of unbranched alkanes of at least 4 members (excludes halogenated alkanes) is 1. The van der Waals surface area contributed by atoms with E-state index in [2.05, 4.69) is 27.1 Å². The second kappa shape index (κ2) is 8.05. The maximum absolute atomic E-state index is 12.3. The number of anilines is 1. The molecule has 0 aliphatic heterocycles. The summed E-state index contributed by atoms with van der Waals surface area (Å²) in [6.45, 7) is 5.39. The highest BCUT2D eigenvalue weighted by Gasteiger charge is 2.20. The third kappa shape index (κ3) is 4.04. The summed E-state index contributed by atoms with van der Waals surface area (Å²) in [7, 11) is -3.33. The van der Waals surface area contributed by atoms with Gasteiger partial charge in [-0.3, -0.25) is 0 Å². The van der Waals surface area contributed by atoms with E-state index in [0.29, 0.717) is 29.3 Å². The molecule has 0 bridgehead atoms. The van der Waals surface area contributed by atoms with Crippen molar-refractivity contribution in [2.45, 2.75) is 50.2 Å². The lowest BCUT2D eigenvalue weighted by atomic mass is 10.1. The Kier molecular flexibility index (Phi) is 5.73. The third-order valence-electron chi connectivity index (χ3n) is 4.31. The first-order valence-electron chi connectivity index (χ1n) is 9.12. The highest BCUT2D eigenvalue weighted by molar-refractivity contribution is 7.92. The molecule has 9 heteroatoms. The van der Waals surface area contributed by atoms with Crippen LogP contribution in [0.2, 0.25) is 0 Å². The minimum Gasteiger partial charge on any atom is -0.419 e. The van der Waals surface area contributed by atoms with Crippen molar-refractivity contribution in [1.29, 1.82) is 0 Å². The SMILES string of the molecule is CCCCc1nnc(-c2nc(-c3ccc(S(=O)(=O)C(C)C)cc3)cnc2N)o1. The predicted octanol–water partition coefficient (Wildman–Crippen LogP) is 3.30. The minimum absolute atomic E-state index is 0.188. The molecular weight excluding hydrogens is 378 g/mol. The molecule has 0 fully saturated rings. The summed E-state index contributed by atoms with van der Waals surface area (Å²) in [4.78, 5) is 8.94. The van der Waals surface area contributed by atoms with Gasteiger partial charge in [-0.05, 0) is 32.4 Å². The molecule has 0 atom stereocenters. The van der Waals surface area contributed by atoms with Gasteiger partial charge in [-0.2, -0.15) is 0 Å². The van der Waals surface area contributed by atoms with Crippen LogP contribution in [-0.4, -0.2) is 33.8 Å². The van der Waals surface area contributed by atoms with E-state index < -0.39 is 15.1 Å². The molecule has 2 N–H and O–H groups in total. The highest BCUT2D eigenvalue weighted by atomic mass is 32.2. The van der Waals surface area contributed by atoms with Crippen LogP contribution in [0.1, 0.15) is 39.5 Å². The van der Waals surface area contributed by atoms with Gasteiger partial charge >= 0.3 is 0 Å². The molecule has 0 aliphatic carbocycles. The molecule has 2 heterocycles. The van der Waals surface area contributed by atoms with E-state index in [1.807, 2.05) is 0 Å². The molecule has 0 radical (unpaired) electrons. The minimum atomic E-state index is -3.33. The van der Waals surface area contributed by atoms with E-state index in [0.717, 1.165) is 12.8 Å². The van der Waals surface area contributed by atoms with Gasteiger partial charge in [0.2, 0.25) is 5.89 Å². The maximum Gasteiger partial charge on any atom is 0.270 e. The molecular formula is C19H23N5O3S. The quantitative estimate of drug-likeness (QED) is 0.639. The lowest BCUT2D eigenvalue weighted by Crippen LogP contribution is -2.13. The van der Waals surface area contributed by atoms with Gasteiger partial charge in [-0.25, -0.2) is 18.4 Å². The zero-order valence-electron chi connectivity index (χ0n) is 16.1. The Labute approximate surface area is 164 Å². The Balaban J connectivity index is 1.92. The van der Waals surface area contributed by atoms with E-state index in [4.69, 9.17) is 10.2 Å². The first-order valence-corrected chi connectivity index (χ1v) is 10.7. The van der Waals surface area contributed by atoms with Gasteiger partial charge in [0.25, 0.3) is 5.89 Å². The average molecular weight is 401 g/mol. The Hall–Kier alpha value is -2.81. The Bertz CT molecular complexity index is 1060. The molecule has 148 valence electrons. The first kappa shape index (κ1) is 19.9. The van der Waals surface area contributed by atoms with Gasteiger partial charge in [0.1, 0.15) is 0 Å². The van der Waals surface area contributed by atoms with Crippen LogP contribution in [0.15, 0.2) is 39.8 Å². The van der Waals surface area contributed by atoms with Crippen LogP contribution in [0.25, 0.3) is 22.8 Å². The molecule has 3 rings (SSSR count). The van der Waals surface area contributed by atoms with Crippen LogP contribution in [0.4, 0.5) is 5.82 Å². The van der Waals surface area contributed by atoms with Crippen molar-refractivity contribution in [3.8, 4) is 22.8 Å². The number of hydrogen-bond acceptors (Lipinski definition) is 8. The van der Waals surface area contributed by atoms with Crippen molar-refractivity contribution in [1.82, 2.24) is 20.2 Å². The van der Waals surface area contributed by atoms with Crippen LogP contribution in [0.3, 0.4) is 0 Å². The van der Waals surface area contributed by atoms with Crippen molar-refractivity contribution in [3.63, 3.8) is 0 Å². The smallest absolute Gasteiger partial charge is 0.270 e. The van der Waals surface area contributed by atoms with Gasteiger partial charge in [0.15, 0.2) is 21.3 Å². The topological polar surface area (TPSA) is 125 Å². The van der Waals surface area contributed by atoms with Crippen LogP contribution in [0, 0.1) is 0 Å². The number of benzene rings is 1. The molecule has 1 aromatic carbocycles. The monoisotopic (exact) mass is 401 g/mol. The molecule has 28 heavy (non-hydrogen) atoms. The Morgan fingerprint density at radius 1 is 1.14 bits per heavy atom. The second-order valence-corrected chi connectivity index (χ2v) is 9.22. The zero-order chi connectivity index (χ0) is 20.3. The van der Waals surface area contributed by atoms with E-state index in [-0.39, 0.29) is 16.6 Å². The summed E-state index contributed by atoms with van der Waals surface area (Å²) >= 11 is 0. The summed E-state index contributed by atoms with van der Waals surface area (Å²) in [5.41, 5.74) is 7.50. The highest BCUT2D eigenvalue weighted by Crippen LogP contribution is 2.26. The van der Waals surface area contributed by atoms with Crippen molar-refractivity contribution < 1.29 is 12.8 Å². The second-order valence-electron chi connectivity index (χ2n) is 6.71. The lowest BCUT2D eigenvalue weighted by Gasteiger charge is -2.09. The van der Waals surface area contributed by atoms with Crippen LogP contribution in [-0.2, 0) is 16.3 Å². The molecule has 0 saturated heterocycles. The predicted molar refractivity (Wildman–Crippen MR) is 106 cm³/mol. The summed E-state index contributed by atoms with van der Waals surface area (Å²) in [5.74, 6) is 0.942. The standard InChI is InChI=1S/C19H23N5O3S/c1-4-5-6-16-23-24-19(27-16)17-18(20)21-11-15(22-17)13-7-9-14(10-8-13)28(25,26)12(2)3/h7-12H,4-6H2,1-3H3,(H2,20,21). The number of hydrogen-bond donors (Lipinski definition) is 1. The summed E-state index contributed by atoms with van der Waals surface area (Å²) in [5, 5.41) is 7.56. The number of nitrogen functional groups attached to an aromatic ring is 1. The third-order valence-corrected chi connectivity index (χ3v) is 6.48. The van der Waals surface area contributed by atoms with Gasteiger partial charge in [0.05, 0.1) is 22.0 Å². The van der Waals surface area contributed by atoms with Gasteiger partial charge in [0, 0.05) is 12.0 Å². The lowest BCUT2D eigenvalue weighted by molar-refractivity contribution is 0.495.